The Morgan fingerprint density at radius 1 is 1.12 bits per heavy atom. The van der Waals surface area contributed by atoms with Crippen LogP contribution in [0.15, 0.2) is 24.3 Å². The molecule has 1 saturated carbocycles. The van der Waals surface area contributed by atoms with Gasteiger partial charge in [-0.05, 0) is 17.7 Å². The Hall–Kier alpha value is -3.08. The third-order valence-electron chi connectivity index (χ3n) is 6.40. The highest BCUT2D eigenvalue weighted by Crippen LogP contribution is 2.66. The topological polar surface area (TPSA) is 136 Å². The molecule has 3 N–H and O–H groups in total. The van der Waals surface area contributed by atoms with Crippen LogP contribution in [0.3, 0.4) is 0 Å². The van der Waals surface area contributed by atoms with Crippen LogP contribution in [-0.2, 0) is 4.79 Å². The first kappa shape index (κ1) is 17.7. The second-order valence-electron chi connectivity index (χ2n) is 7.10. The maximum absolute atomic E-state index is 12.8. The Kier molecular flexibility index (Phi) is 3.72. The van der Waals surface area contributed by atoms with Gasteiger partial charge in [-0.1, -0.05) is 26.0 Å². The van der Waals surface area contributed by atoms with Crippen molar-refractivity contribution in [2.45, 2.75) is 25.4 Å². The minimum atomic E-state index is -1.86. The Balaban J connectivity index is 2.33. The lowest BCUT2D eigenvalue weighted by Gasteiger charge is -2.52. The van der Waals surface area contributed by atoms with Gasteiger partial charge in [0.2, 0.25) is 5.91 Å². The van der Waals surface area contributed by atoms with Crippen molar-refractivity contribution >= 4 is 5.91 Å². The zero-order valence-corrected chi connectivity index (χ0v) is 14.8. The van der Waals surface area contributed by atoms with E-state index in [-0.39, 0.29) is 0 Å². The molecule has 2 aliphatic rings. The van der Waals surface area contributed by atoms with Gasteiger partial charge in [0.15, 0.2) is 10.8 Å². The first-order valence-corrected chi connectivity index (χ1v) is 8.28. The number of carbonyl (C=O) groups is 1. The zero-order valence-electron chi connectivity index (χ0n) is 14.8. The fourth-order valence-corrected chi connectivity index (χ4v) is 4.81. The van der Waals surface area contributed by atoms with Crippen LogP contribution in [0.2, 0.25) is 0 Å². The summed E-state index contributed by atoms with van der Waals surface area (Å²) in [5.41, 5.74) is 2.30. The van der Waals surface area contributed by atoms with Gasteiger partial charge in [0.25, 0.3) is 0 Å². The van der Waals surface area contributed by atoms with E-state index in [1.807, 2.05) is 25.1 Å². The molecule has 0 aromatic heterocycles. The summed E-state index contributed by atoms with van der Waals surface area (Å²) in [7, 11) is 1.54. The highest BCUT2D eigenvalue weighted by atomic mass is 16.5. The van der Waals surface area contributed by atoms with Gasteiger partial charge in [0, 0.05) is 17.8 Å². The molecule has 1 amide bonds. The van der Waals surface area contributed by atoms with Crippen molar-refractivity contribution in [3.63, 3.8) is 0 Å². The number of fused-ring (bicyclic) bond motifs is 2. The van der Waals surface area contributed by atoms with Gasteiger partial charge in [-0.15, -0.1) is 0 Å². The molecule has 0 unspecified atom stereocenters. The molecular formula is C19H19N5O2. The predicted octanol–water partition coefficient (Wildman–Crippen LogP) is 1.39. The number of amides is 1. The summed E-state index contributed by atoms with van der Waals surface area (Å²) in [4.78, 5) is 12.8. The summed E-state index contributed by atoms with van der Waals surface area (Å²) in [6.07, 6.45) is 0. The molecule has 1 aliphatic carbocycles. The van der Waals surface area contributed by atoms with Gasteiger partial charge >= 0.3 is 0 Å². The number of ether oxygens (including phenoxy) is 1. The maximum atomic E-state index is 12.8. The Bertz CT molecular complexity index is 876. The first-order valence-electron chi connectivity index (χ1n) is 8.28. The second kappa shape index (κ2) is 5.46. The number of hydrogen-bond donors (Lipinski definition) is 2. The molecule has 2 bridgehead atoms. The van der Waals surface area contributed by atoms with Gasteiger partial charge < -0.3 is 15.8 Å². The Labute approximate surface area is 152 Å². The van der Waals surface area contributed by atoms with Gasteiger partial charge in [-0.3, -0.25) is 4.79 Å². The van der Waals surface area contributed by atoms with E-state index in [2.05, 4.69) is 5.32 Å². The van der Waals surface area contributed by atoms with E-state index >= 15 is 0 Å². The number of benzene rings is 1. The summed E-state index contributed by atoms with van der Waals surface area (Å²) < 4.78 is 5.16. The molecule has 0 spiro atoms. The maximum Gasteiger partial charge on any atom is 0.245 e. The lowest BCUT2D eigenvalue weighted by Crippen LogP contribution is -2.66. The molecule has 2 fully saturated rings. The fourth-order valence-electron chi connectivity index (χ4n) is 4.81. The molecular weight excluding hydrogens is 330 g/mol. The first-order chi connectivity index (χ1) is 12.3. The van der Waals surface area contributed by atoms with Gasteiger partial charge in [0.1, 0.15) is 5.75 Å². The van der Waals surface area contributed by atoms with Crippen molar-refractivity contribution in [2.24, 2.45) is 28.4 Å². The van der Waals surface area contributed by atoms with Crippen LogP contribution in [0, 0.1) is 56.7 Å². The molecule has 7 nitrogen and oxygen atoms in total. The number of methoxy groups -OCH3 is 1. The van der Waals surface area contributed by atoms with Crippen LogP contribution in [0.4, 0.5) is 0 Å². The number of carbonyl (C=O) groups excluding carboxylic acids is 1. The molecule has 1 aromatic carbocycles. The van der Waals surface area contributed by atoms with Crippen molar-refractivity contribution in [3.8, 4) is 24.0 Å². The van der Waals surface area contributed by atoms with Crippen LogP contribution in [0.1, 0.15) is 25.3 Å². The zero-order chi connectivity index (χ0) is 19.3. The molecule has 26 heavy (non-hydrogen) atoms. The smallest absolute Gasteiger partial charge is 0.245 e. The second-order valence-corrected chi connectivity index (χ2v) is 7.10. The highest BCUT2D eigenvalue weighted by molar-refractivity contribution is 5.93. The average Bonchev–Trinajstić information content (AvgIpc) is 2.83. The average molecular weight is 349 g/mol. The number of nitrogens with zero attached hydrogens (tertiary/aromatic N) is 3. The Morgan fingerprint density at radius 3 is 2.15 bits per heavy atom. The molecule has 5 atom stereocenters. The summed E-state index contributed by atoms with van der Waals surface area (Å²) in [6, 6.07) is 13.0. The Morgan fingerprint density at radius 2 is 1.69 bits per heavy atom. The van der Waals surface area contributed by atoms with Crippen LogP contribution >= 0.6 is 0 Å². The quantitative estimate of drug-likeness (QED) is 0.828. The summed E-state index contributed by atoms with van der Waals surface area (Å²) in [5.74, 6) is -1.89. The third kappa shape index (κ3) is 1.70. The minimum Gasteiger partial charge on any atom is -0.497 e. The van der Waals surface area contributed by atoms with Crippen LogP contribution < -0.4 is 15.8 Å². The number of rotatable bonds is 2. The van der Waals surface area contributed by atoms with Gasteiger partial charge in [0.05, 0.1) is 31.0 Å². The normalized spacial score (nSPS) is 37.0. The van der Waals surface area contributed by atoms with Crippen LogP contribution in [-0.4, -0.2) is 18.7 Å². The van der Waals surface area contributed by atoms with E-state index in [1.165, 1.54) is 7.11 Å². The van der Waals surface area contributed by atoms with E-state index in [0.29, 0.717) is 11.3 Å². The molecule has 132 valence electrons. The monoisotopic (exact) mass is 349 g/mol. The summed E-state index contributed by atoms with van der Waals surface area (Å²) in [5, 5.41) is 32.8. The van der Waals surface area contributed by atoms with Crippen molar-refractivity contribution in [1.82, 2.24) is 5.32 Å². The van der Waals surface area contributed by atoms with Crippen molar-refractivity contribution in [3.05, 3.63) is 29.8 Å². The van der Waals surface area contributed by atoms with E-state index in [1.54, 1.807) is 31.2 Å². The summed E-state index contributed by atoms with van der Waals surface area (Å²) in [6.45, 7) is 3.47. The van der Waals surface area contributed by atoms with Crippen LogP contribution in [0.5, 0.6) is 5.75 Å². The van der Waals surface area contributed by atoms with E-state index in [0.717, 1.165) is 0 Å². The molecule has 1 saturated heterocycles. The molecule has 3 rings (SSSR count). The number of nitrogens with one attached hydrogen (secondary N) is 1. The molecule has 1 aromatic rings. The lowest BCUT2D eigenvalue weighted by atomic mass is 9.45. The summed E-state index contributed by atoms with van der Waals surface area (Å²) >= 11 is 0. The van der Waals surface area contributed by atoms with Crippen molar-refractivity contribution < 1.29 is 9.53 Å². The highest BCUT2D eigenvalue weighted by Gasteiger charge is 2.79. The number of hydrogen-bond acceptors (Lipinski definition) is 6. The van der Waals surface area contributed by atoms with Gasteiger partial charge in [-0.2, -0.15) is 15.8 Å². The van der Waals surface area contributed by atoms with E-state index < -0.39 is 40.2 Å². The van der Waals surface area contributed by atoms with Crippen molar-refractivity contribution in [2.75, 3.05) is 7.11 Å². The standard InChI is InChI=1S/C19H19N5O2/c1-11-15(13-4-6-14(26-3)7-5-13)17(8-20,9-21)18(10-22)12(2)19(11,23)24-16(18)25/h4-7,11-12,15H,23H2,1-3H3,(H,24,25)/t11-,12-,15-,18+,19-/m1/s1. The minimum absolute atomic E-state index is 0.446. The largest absolute Gasteiger partial charge is 0.497 e. The fraction of sp³-hybridized carbons (Fsp3) is 0.474. The molecule has 1 heterocycles. The molecule has 7 heteroatoms. The van der Waals surface area contributed by atoms with E-state index in [4.69, 9.17) is 10.5 Å². The van der Waals surface area contributed by atoms with Crippen LogP contribution in [0.25, 0.3) is 0 Å². The SMILES string of the molecule is COc1ccc([C@H]2[C@@H](C)[C@@]3(N)NC(=O)[C@](C#N)([C@H]3C)C2(C#N)C#N)cc1. The number of nitriles is 3. The lowest BCUT2D eigenvalue weighted by molar-refractivity contribution is -0.129. The van der Waals surface area contributed by atoms with Crippen molar-refractivity contribution in [1.29, 1.82) is 15.8 Å². The van der Waals surface area contributed by atoms with E-state index in [9.17, 15) is 20.6 Å². The molecule has 0 radical (unpaired) electrons. The van der Waals surface area contributed by atoms with Gasteiger partial charge in [-0.25, -0.2) is 0 Å². The predicted molar refractivity (Wildman–Crippen MR) is 90.8 cm³/mol. The third-order valence-corrected chi connectivity index (χ3v) is 6.40. The molecule has 1 aliphatic heterocycles. The number of nitrogens with two attached hydrogens (primary N) is 1.